The van der Waals surface area contributed by atoms with Crippen LogP contribution in [0.3, 0.4) is 0 Å². The predicted octanol–water partition coefficient (Wildman–Crippen LogP) is 4.32. The Morgan fingerprint density at radius 1 is 1.07 bits per heavy atom. The summed E-state index contributed by atoms with van der Waals surface area (Å²) in [5.41, 5.74) is 1.44. The number of piperazine rings is 1. The average Bonchev–Trinajstić information content (AvgIpc) is 3.21. The molecule has 1 aliphatic rings. The van der Waals surface area contributed by atoms with Gasteiger partial charge in [0.1, 0.15) is 17.0 Å². The Labute approximate surface area is 177 Å². The van der Waals surface area contributed by atoms with Crippen molar-refractivity contribution in [1.82, 2.24) is 9.88 Å². The number of anilines is 2. The van der Waals surface area contributed by atoms with Crippen LogP contribution in [0.5, 0.6) is 11.5 Å². The fraction of sp³-hybridized carbons (Fsp3) is 0.300. The van der Waals surface area contributed by atoms with Gasteiger partial charge in [0.2, 0.25) is 0 Å². The molecule has 1 saturated heterocycles. The molecule has 1 aromatic heterocycles. The summed E-state index contributed by atoms with van der Waals surface area (Å²) in [6, 6.07) is 10.9. The lowest BCUT2D eigenvalue weighted by molar-refractivity contribution is 0.208. The summed E-state index contributed by atoms with van der Waals surface area (Å²) in [6.45, 7) is 2.59. The molecule has 29 heavy (non-hydrogen) atoms. The summed E-state index contributed by atoms with van der Waals surface area (Å²) in [4.78, 5) is 21.3. The van der Waals surface area contributed by atoms with Gasteiger partial charge in [-0.25, -0.2) is 9.78 Å². The van der Waals surface area contributed by atoms with Crippen LogP contribution in [0.2, 0.25) is 5.02 Å². The molecule has 152 valence electrons. The molecule has 0 atom stereocenters. The highest BCUT2D eigenvalue weighted by Crippen LogP contribution is 2.38. The van der Waals surface area contributed by atoms with Crippen molar-refractivity contribution in [2.45, 2.75) is 0 Å². The van der Waals surface area contributed by atoms with E-state index in [2.05, 4.69) is 10.2 Å². The van der Waals surface area contributed by atoms with Crippen LogP contribution >= 0.6 is 22.9 Å². The number of ether oxygens (including phenoxy) is 2. The first-order valence-corrected chi connectivity index (χ1v) is 10.4. The van der Waals surface area contributed by atoms with Crippen LogP contribution in [0, 0.1) is 0 Å². The van der Waals surface area contributed by atoms with Crippen LogP contribution in [-0.2, 0) is 0 Å². The van der Waals surface area contributed by atoms with Crippen molar-refractivity contribution in [3.63, 3.8) is 0 Å². The minimum atomic E-state index is -0.136. The van der Waals surface area contributed by atoms with E-state index in [-0.39, 0.29) is 6.03 Å². The number of benzene rings is 2. The van der Waals surface area contributed by atoms with E-state index in [1.165, 1.54) is 0 Å². The maximum absolute atomic E-state index is 12.6. The lowest BCUT2D eigenvalue weighted by Gasteiger charge is -2.34. The van der Waals surface area contributed by atoms with E-state index in [1.54, 1.807) is 30.5 Å². The van der Waals surface area contributed by atoms with Gasteiger partial charge in [0.25, 0.3) is 0 Å². The van der Waals surface area contributed by atoms with Crippen LogP contribution in [0.15, 0.2) is 36.4 Å². The fourth-order valence-electron chi connectivity index (χ4n) is 3.28. The van der Waals surface area contributed by atoms with Crippen molar-refractivity contribution >= 4 is 50.0 Å². The summed E-state index contributed by atoms with van der Waals surface area (Å²) in [5, 5.41) is 4.48. The summed E-state index contributed by atoms with van der Waals surface area (Å²) in [7, 11) is 3.21. The van der Waals surface area contributed by atoms with Crippen molar-refractivity contribution in [1.29, 1.82) is 0 Å². The largest absolute Gasteiger partial charge is 0.495 e. The number of nitrogens with zero attached hydrogens (tertiary/aromatic N) is 3. The minimum Gasteiger partial charge on any atom is -0.495 e. The summed E-state index contributed by atoms with van der Waals surface area (Å²) in [5.74, 6) is 1.35. The SMILES string of the molecule is COc1ccccc1NC(=O)N1CCN(c2nc3c(OC)ccc(Cl)c3s2)CC1. The zero-order valence-corrected chi connectivity index (χ0v) is 17.7. The number of carbonyl (C=O) groups excluding carboxylic acids is 1. The molecule has 2 heterocycles. The quantitative estimate of drug-likeness (QED) is 0.665. The lowest BCUT2D eigenvalue weighted by Crippen LogP contribution is -2.50. The molecule has 3 aromatic rings. The minimum absolute atomic E-state index is 0.136. The van der Waals surface area contributed by atoms with Gasteiger partial charge in [-0.15, -0.1) is 0 Å². The second-order valence-electron chi connectivity index (χ2n) is 6.53. The highest BCUT2D eigenvalue weighted by molar-refractivity contribution is 7.22. The van der Waals surface area contributed by atoms with Crippen LogP contribution in [0.4, 0.5) is 15.6 Å². The molecule has 9 heteroatoms. The molecule has 0 bridgehead atoms. The van der Waals surface area contributed by atoms with Crippen LogP contribution in [-0.4, -0.2) is 56.3 Å². The van der Waals surface area contributed by atoms with Crippen molar-refractivity contribution in [3.05, 3.63) is 41.4 Å². The maximum Gasteiger partial charge on any atom is 0.322 e. The number of amides is 2. The summed E-state index contributed by atoms with van der Waals surface area (Å²) < 4.78 is 11.6. The summed E-state index contributed by atoms with van der Waals surface area (Å²) in [6.07, 6.45) is 0. The highest BCUT2D eigenvalue weighted by atomic mass is 35.5. The Hall–Kier alpha value is -2.71. The maximum atomic E-state index is 12.6. The molecule has 0 radical (unpaired) electrons. The zero-order chi connectivity index (χ0) is 20.4. The van der Waals surface area contributed by atoms with E-state index in [9.17, 15) is 4.79 Å². The van der Waals surface area contributed by atoms with E-state index in [0.717, 1.165) is 15.3 Å². The topological polar surface area (TPSA) is 66.9 Å². The van der Waals surface area contributed by atoms with E-state index in [1.807, 2.05) is 36.4 Å². The first kappa shape index (κ1) is 19.6. The van der Waals surface area contributed by atoms with Crippen LogP contribution in [0.25, 0.3) is 10.2 Å². The molecule has 2 amide bonds. The molecule has 0 spiro atoms. The van der Waals surface area contributed by atoms with E-state index >= 15 is 0 Å². The van der Waals surface area contributed by atoms with Crippen molar-refractivity contribution in [3.8, 4) is 11.5 Å². The van der Waals surface area contributed by atoms with E-state index < -0.39 is 0 Å². The van der Waals surface area contributed by atoms with Gasteiger partial charge in [0.15, 0.2) is 5.13 Å². The number of halogens is 1. The van der Waals surface area contributed by atoms with Gasteiger partial charge in [-0.2, -0.15) is 0 Å². The first-order valence-electron chi connectivity index (χ1n) is 9.17. The molecule has 0 saturated carbocycles. The van der Waals surface area contributed by atoms with Gasteiger partial charge in [0, 0.05) is 26.2 Å². The molecule has 1 N–H and O–H groups in total. The number of carbonyl (C=O) groups is 1. The molecule has 1 fully saturated rings. The Balaban J connectivity index is 1.43. The van der Waals surface area contributed by atoms with E-state index in [0.29, 0.717) is 48.4 Å². The number of nitrogens with one attached hydrogen (secondary N) is 1. The molecular formula is C20H21ClN4O3S. The number of thiazole rings is 1. The average molecular weight is 433 g/mol. The number of hydrogen-bond acceptors (Lipinski definition) is 6. The number of para-hydroxylation sites is 2. The number of aromatic nitrogens is 1. The predicted molar refractivity (Wildman–Crippen MR) is 117 cm³/mol. The normalized spacial score (nSPS) is 14.2. The Morgan fingerprint density at radius 2 is 1.79 bits per heavy atom. The second-order valence-corrected chi connectivity index (χ2v) is 7.91. The monoisotopic (exact) mass is 432 g/mol. The molecular weight excluding hydrogens is 412 g/mol. The number of rotatable bonds is 4. The van der Waals surface area contributed by atoms with Gasteiger partial charge in [-0.3, -0.25) is 0 Å². The van der Waals surface area contributed by atoms with Gasteiger partial charge in [-0.1, -0.05) is 35.1 Å². The van der Waals surface area contributed by atoms with Crippen molar-refractivity contribution in [2.24, 2.45) is 0 Å². The molecule has 0 unspecified atom stereocenters. The zero-order valence-electron chi connectivity index (χ0n) is 16.1. The Bertz CT molecular complexity index is 1030. The number of methoxy groups -OCH3 is 2. The van der Waals surface area contributed by atoms with Gasteiger partial charge in [-0.05, 0) is 24.3 Å². The molecule has 0 aliphatic carbocycles. The standard InChI is InChI=1S/C20H21ClN4O3S/c1-27-15-6-4-3-5-14(15)22-19(26)24-9-11-25(12-10-24)20-23-17-16(28-2)8-7-13(21)18(17)29-20/h3-8H,9-12H2,1-2H3,(H,22,26). The Morgan fingerprint density at radius 3 is 2.52 bits per heavy atom. The molecule has 7 nitrogen and oxygen atoms in total. The second kappa shape index (κ2) is 8.34. The number of fused-ring (bicyclic) bond motifs is 1. The number of urea groups is 1. The Kier molecular flexibility index (Phi) is 5.64. The van der Waals surface area contributed by atoms with Crippen LogP contribution < -0.4 is 19.7 Å². The third-order valence-electron chi connectivity index (χ3n) is 4.85. The smallest absolute Gasteiger partial charge is 0.322 e. The van der Waals surface area contributed by atoms with Crippen LogP contribution in [0.1, 0.15) is 0 Å². The molecule has 1 aliphatic heterocycles. The third kappa shape index (κ3) is 3.90. The fourth-order valence-corrected chi connectivity index (χ4v) is 4.59. The van der Waals surface area contributed by atoms with Gasteiger partial charge >= 0.3 is 6.03 Å². The van der Waals surface area contributed by atoms with Crippen molar-refractivity contribution < 1.29 is 14.3 Å². The molecule has 4 rings (SSSR count). The lowest BCUT2D eigenvalue weighted by atomic mass is 10.3. The van der Waals surface area contributed by atoms with Gasteiger partial charge in [0.05, 0.1) is 29.6 Å². The number of hydrogen-bond donors (Lipinski definition) is 1. The molecule has 2 aromatic carbocycles. The third-order valence-corrected chi connectivity index (χ3v) is 6.43. The summed E-state index contributed by atoms with van der Waals surface area (Å²) >= 11 is 7.87. The van der Waals surface area contributed by atoms with Gasteiger partial charge < -0.3 is 24.6 Å². The highest BCUT2D eigenvalue weighted by Gasteiger charge is 2.24. The first-order chi connectivity index (χ1) is 14.1. The van der Waals surface area contributed by atoms with Crippen molar-refractivity contribution in [2.75, 3.05) is 50.6 Å². The van der Waals surface area contributed by atoms with E-state index in [4.69, 9.17) is 26.1 Å².